The number of unbranched alkanes of at least 4 members (excludes halogenated alkanes) is 5. The Balaban J connectivity index is 0.761. The molecule has 6 amide bonds. The van der Waals surface area contributed by atoms with Crippen molar-refractivity contribution in [3.8, 4) is 0 Å². The fourth-order valence-corrected chi connectivity index (χ4v) is 13.7. The molecule has 3 aromatic rings. The van der Waals surface area contributed by atoms with Crippen LogP contribution < -0.4 is 31.9 Å². The first kappa shape index (κ1) is 63.2. The number of β-amino-alcohol motifs (C(OH)–C–C–N with tert-alkyl or cyclic N) is 1. The number of rotatable bonds is 27. The van der Waals surface area contributed by atoms with Crippen LogP contribution in [0.4, 0.5) is 0 Å². The lowest BCUT2D eigenvalue weighted by molar-refractivity contribution is -0.555. The quantitative estimate of drug-likeness (QED) is 0.0396. The Hall–Kier alpha value is -5.43. The van der Waals surface area contributed by atoms with E-state index in [2.05, 4.69) is 31.9 Å². The molecule has 4 aliphatic rings. The second-order valence-corrected chi connectivity index (χ2v) is 27.1. The van der Waals surface area contributed by atoms with Crippen LogP contribution in [0.15, 0.2) is 78.9 Å². The molecule has 4 aliphatic heterocycles. The number of ether oxygens (including phenoxy) is 1. The highest BCUT2D eigenvalue weighted by molar-refractivity contribution is 8.00. The molecule has 0 radical (unpaired) electrons. The highest BCUT2D eigenvalue weighted by atomic mass is 32.2. The number of nitrogens with zero attached hydrogens (tertiary/aromatic N) is 3. The molecule has 7 N–H and O–H groups in total. The molecule has 0 saturated carbocycles. The second-order valence-electron chi connectivity index (χ2n) is 22.8. The van der Waals surface area contributed by atoms with Crippen LogP contribution in [-0.2, 0) is 63.2 Å². The van der Waals surface area contributed by atoms with Crippen LogP contribution in [0.2, 0.25) is 0 Å². The number of aliphatic hydroxyl groups excluding tert-OH is 1. The van der Waals surface area contributed by atoms with E-state index in [-0.39, 0.29) is 92.8 Å². The number of thioether (sulfide) groups is 2. The first-order chi connectivity index (χ1) is 38.6. The smallest absolute Gasteiger partial charge is 0.246 e. The zero-order valence-corrected chi connectivity index (χ0v) is 49.7. The number of likely N-dealkylation sites (tertiary alicyclic amines) is 1. The van der Waals surface area contributed by atoms with E-state index in [1.165, 1.54) is 9.21 Å². The molecule has 442 valence electrons. The summed E-state index contributed by atoms with van der Waals surface area (Å²) in [5, 5.41) is 28.8. The number of aliphatic hydroxyl groups is 1. The Morgan fingerprint density at radius 3 is 2.05 bits per heavy atom. The zero-order valence-electron chi connectivity index (χ0n) is 47.2. The van der Waals surface area contributed by atoms with Gasteiger partial charge < -0.3 is 41.3 Å². The summed E-state index contributed by atoms with van der Waals surface area (Å²) in [4.78, 5) is 93.9. The molecule has 0 aliphatic carbocycles. The Labute approximate surface area is 485 Å². The molecule has 23 heteroatoms. The molecule has 3 aromatic carbocycles. The third-order valence-electron chi connectivity index (χ3n) is 15.3. The van der Waals surface area contributed by atoms with Crippen molar-refractivity contribution in [3.05, 3.63) is 112 Å². The predicted octanol–water partition coefficient (Wildman–Crippen LogP) is 4.91. The van der Waals surface area contributed by atoms with Gasteiger partial charge in [0.1, 0.15) is 28.9 Å². The third kappa shape index (κ3) is 18.8. The van der Waals surface area contributed by atoms with Gasteiger partial charge in [0.05, 0.1) is 31.5 Å². The highest BCUT2D eigenvalue weighted by Crippen LogP contribution is 2.39. The molecular formula is C58H82N9O11S3+. The summed E-state index contributed by atoms with van der Waals surface area (Å²) in [5.74, 6) is -1.33. The van der Waals surface area contributed by atoms with Crippen LogP contribution >= 0.6 is 23.5 Å². The van der Waals surface area contributed by atoms with Gasteiger partial charge >= 0.3 is 0 Å². The molecular weight excluding hydrogens is 1090 g/mol. The summed E-state index contributed by atoms with van der Waals surface area (Å²) in [6.07, 6.45) is 6.12. The normalized spacial score (nSPS) is 23.0. The number of nitrogens with one attached hydrogen (secondary N) is 6. The van der Waals surface area contributed by atoms with E-state index in [0.717, 1.165) is 76.7 Å². The van der Waals surface area contributed by atoms with Crippen molar-refractivity contribution in [1.82, 2.24) is 41.1 Å². The van der Waals surface area contributed by atoms with Gasteiger partial charge in [-0.25, -0.2) is 12.7 Å². The van der Waals surface area contributed by atoms with Gasteiger partial charge in [0, 0.05) is 80.4 Å². The maximum atomic E-state index is 14.1. The average molecular weight is 1180 g/mol. The first-order valence-corrected chi connectivity index (χ1v) is 32.2. The molecule has 20 nitrogen and oxygen atoms in total. The lowest BCUT2D eigenvalue weighted by atomic mass is 9.85. The predicted molar refractivity (Wildman–Crippen MR) is 312 cm³/mol. The molecule has 0 bridgehead atoms. The van der Waals surface area contributed by atoms with Crippen LogP contribution in [0.3, 0.4) is 0 Å². The maximum Gasteiger partial charge on any atom is 0.246 e. The standard InChI is InChI=1S/C58H81N9O11S3/c1-38-51(80-37-67(38)75)43-25-23-40(24-26-43)31-60-55(73)48-29-45(68)33-66(48)56(74)52(58(2,3)4)63-50(70)18-14-9-7-6-8-13-17-49(69)59-30-39-19-21-41(22-20-39)34-78-35-46(61-53(71)44-27-28-65(32-44)81(5,76)77)54(72)64-57-62-47(36-79-57)42-15-11-10-12-16-42/h10-12,15-16,19-26,38,44-48,51-52,57,62,68H,6-9,13-14,17-18,27-37H2,1-5H3,(H4-,59,60,61,63,64,69,70,71,72,73)/p+1/t38?,44?,45-,46+,47?,48+,51?,52-,57?/m1/s1. The maximum absolute atomic E-state index is 14.1. The van der Waals surface area contributed by atoms with Crippen LogP contribution in [0.5, 0.6) is 0 Å². The SMILES string of the molecule is CC1C(c2ccc(CNC(=O)[C@@H]3C[C@@H](O)CN3C(=O)[C@@H](NC(=O)CCCCCCCCC(=O)NCc3ccc(COC[C@H](NC(=O)C4CCN(S(C)(=O)=O)C4)C(=O)NC4NC(c5ccccc5)CS4)cc3)C(C)(C)C)cc2)SC[N+]1=O. The minimum atomic E-state index is -3.45. The number of sulfonamides is 1. The third-order valence-corrected chi connectivity index (χ3v) is 19.1. The first-order valence-electron chi connectivity index (χ1n) is 28.2. The number of nitroso groups, excluding NO2 is 1. The van der Waals surface area contributed by atoms with E-state index in [9.17, 15) is 47.2 Å². The summed E-state index contributed by atoms with van der Waals surface area (Å²) in [7, 11) is -3.45. The Morgan fingerprint density at radius 2 is 1.42 bits per heavy atom. The largest absolute Gasteiger partial charge is 0.391 e. The van der Waals surface area contributed by atoms with Gasteiger partial charge in [-0.15, -0.1) is 11.8 Å². The van der Waals surface area contributed by atoms with Crippen molar-refractivity contribution in [1.29, 1.82) is 0 Å². The van der Waals surface area contributed by atoms with Crippen LogP contribution in [0.25, 0.3) is 0 Å². The van der Waals surface area contributed by atoms with E-state index in [1.807, 2.05) is 107 Å². The van der Waals surface area contributed by atoms with Gasteiger partial charge in [-0.1, -0.05) is 137 Å². The van der Waals surface area contributed by atoms with Crippen molar-refractivity contribution >= 4 is 69.0 Å². The molecule has 5 unspecified atom stereocenters. The summed E-state index contributed by atoms with van der Waals surface area (Å²) in [6, 6.07) is 22.4. The molecule has 4 saturated heterocycles. The second kappa shape index (κ2) is 29.7. The number of carbonyl (C=O) groups is 6. The Bertz CT molecular complexity index is 2750. The fraction of sp³-hybridized carbons (Fsp3) is 0.586. The van der Waals surface area contributed by atoms with Crippen LogP contribution in [-0.4, -0.2) is 143 Å². The Kier molecular flexibility index (Phi) is 23.2. The van der Waals surface area contributed by atoms with Crippen LogP contribution in [0.1, 0.15) is 131 Å². The van der Waals surface area contributed by atoms with Gasteiger partial charge in [0.15, 0.2) is 0 Å². The lowest BCUT2D eigenvalue weighted by Gasteiger charge is -2.35. The van der Waals surface area contributed by atoms with Crippen molar-refractivity contribution in [2.24, 2.45) is 11.3 Å². The van der Waals surface area contributed by atoms with E-state index in [1.54, 1.807) is 23.5 Å². The highest BCUT2D eigenvalue weighted by Gasteiger charge is 2.45. The number of amides is 6. The summed E-state index contributed by atoms with van der Waals surface area (Å²) in [6.45, 7) is 8.41. The van der Waals surface area contributed by atoms with E-state index in [0.29, 0.717) is 31.7 Å². The molecule has 4 heterocycles. The van der Waals surface area contributed by atoms with Crippen molar-refractivity contribution in [3.63, 3.8) is 0 Å². The summed E-state index contributed by atoms with van der Waals surface area (Å²) < 4.78 is 32.5. The van der Waals surface area contributed by atoms with Crippen molar-refractivity contribution < 1.29 is 51.8 Å². The number of carbonyl (C=O) groups excluding carboxylic acids is 6. The summed E-state index contributed by atoms with van der Waals surface area (Å²) in [5.41, 5.74) is 3.70. The molecule has 0 spiro atoms. The number of hydrogen-bond acceptors (Lipinski definition) is 14. The number of hydrogen-bond donors (Lipinski definition) is 7. The Morgan fingerprint density at radius 1 is 0.790 bits per heavy atom. The van der Waals surface area contributed by atoms with Gasteiger partial charge in [-0.3, -0.25) is 34.1 Å². The molecule has 9 atom stereocenters. The summed E-state index contributed by atoms with van der Waals surface area (Å²) >= 11 is 3.16. The zero-order chi connectivity index (χ0) is 58.3. The van der Waals surface area contributed by atoms with Gasteiger partial charge in [0.25, 0.3) is 0 Å². The monoisotopic (exact) mass is 1180 g/mol. The van der Waals surface area contributed by atoms with E-state index < -0.39 is 63.3 Å². The average Bonchev–Trinajstić information content (AvgIpc) is 4.28. The fourth-order valence-electron chi connectivity index (χ4n) is 10.4. The van der Waals surface area contributed by atoms with E-state index in [4.69, 9.17) is 4.74 Å². The minimum absolute atomic E-state index is 0.0108. The minimum Gasteiger partial charge on any atom is -0.391 e. The van der Waals surface area contributed by atoms with E-state index >= 15 is 0 Å². The van der Waals surface area contributed by atoms with Gasteiger partial charge in [-0.05, 0) is 52.5 Å². The molecule has 0 aromatic heterocycles. The number of benzene rings is 3. The molecule has 4 fully saturated rings. The topological polar surface area (TPSA) is 265 Å². The molecule has 81 heavy (non-hydrogen) atoms. The molecule has 7 rings (SSSR count). The van der Waals surface area contributed by atoms with Gasteiger partial charge in [-0.2, -0.15) is 0 Å². The lowest BCUT2D eigenvalue weighted by Crippen LogP contribution is -2.57. The van der Waals surface area contributed by atoms with Crippen molar-refractivity contribution in [2.75, 3.05) is 44.1 Å². The van der Waals surface area contributed by atoms with Gasteiger partial charge in [0.2, 0.25) is 57.4 Å². The van der Waals surface area contributed by atoms with Crippen LogP contribution in [0, 0.1) is 16.2 Å². The van der Waals surface area contributed by atoms with Crippen molar-refractivity contribution in [2.45, 2.75) is 159 Å².